The van der Waals surface area contributed by atoms with Crippen molar-refractivity contribution in [1.82, 2.24) is 20.9 Å². The van der Waals surface area contributed by atoms with Crippen molar-refractivity contribution in [3.05, 3.63) is 76.5 Å². The van der Waals surface area contributed by atoms with Gasteiger partial charge in [-0.15, -0.1) is 12.8 Å². The Bertz CT molecular complexity index is 1830. The fraction of sp³-hybridized carbons (Fsp3) is 0.455. The number of allylic oxidation sites excluding steroid dienone is 1. The predicted octanol–water partition coefficient (Wildman–Crippen LogP) is 6.16. The normalized spacial score (nSPS) is 14.9. The zero-order valence-corrected chi connectivity index (χ0v) is 34.2. The van der Waals surface area contributed by atoms with E-state index in [1.807, 2.05) is 50.2 Å². The first-order valence-corrected chi connectivity index (χ1v) is 19.5. The molecule has 2 aromatic carbocycles. The number of terminal acetylenes is 1. The second kappa shape index (κ2) is 27.6. The van der Waals surface area contributed by atoms with Crippen molar-refractivity contribution in [3.8, 4) is 29.9 Å². The maximum absolute atomic E-state index is 12.5. The van der Waals surface area contributed by atoms with Crippen LogP contribution in [0.1, 0.15) is 85.5 Å². The standard InChI is InChI=1S/C21H31N3O7.C16H13NO2.C3H8.C2H6.C2H2/c1-31-21(30)18(13-7-4-2-3-5-8-13)24-16(25)11-22-19(28)14-9-6-10-15(14)20(29)23-12-17(26)27;1-19-12-7-8-13-15(9-12)17-14(10-16(13)18)11-5-3-2-4-6-11;1-3-2;2*1-2/h9,13,15,18H,2-8,10-12H2,1H3,(H,22,28)(H,23,29)(H,24,25)(H,26,27);2-10H,1H3,(H,17,18);3H2,1-2H3;1-2H3;1-2H. The number of rotatable bonds is 11. The number of nitrogens with one attached hydrogen (secondary N) is 4. The van der Waals surface area contributed by atoms with Crippen molar-refractivity contribution in [2.45, 2.75) is 91.5 Å². The molecule has 1 aromatic heterocycles. The van der Waals surface area contributed by atoms with E-state index in [0.717, 1.165) is 61.0 Å². The number of carboxylic acids is 1. The van der Waals surface area contributed by atoms with Crippen LogP contribution in [-0.2, 0) is 28.7 Å². The molecule has 1 saturated carbocycles. The second-order valence-corrected chi connectivity index (χ2v) is 12.9. The van der Waals surface area contributed by atoms with Crippen LogP contribution >= 0.6 is 0 Å². The third-order valence-corrected chi connectivity index (χ3v) is 8.86. The van der Waals surface area contributed by atoms with Crippen molar-refractivity contribution in [3.63, 3.8) is 0 Å². The van der Waals surface area contributed by atoms with Crippen LogP contribution in [-0.4, -0.2) is 73.1 Å². The molecule has 0 spiro atoms. The third kappa shape index (κ3) is 16.4. The molecule has 13 nitrogen and oxygen atoms in total. The number of aliphatic carboxylic acids is 1. The average Bonchev–Trinajstić information content (AvgIpc) is 3.58. The first-order chi connectivity index (χ1) is 27.5. The van der Waals surface area contributed by atoms with Crippen molar-refractivity contribution >= 4 is 40.6 Å². The summed E-state index contributed by atoms with van der Waals surface area (Å²) < 4.78 is 10.0. The molecule has 2 atom stereocenters. The highest BCUT2D eigenvalue weighted by molar-refractivity contribution is 6.02. The van der Waals surface area contributed by atoms with Gasteiger partial charge in [0.25, 0.3) is 0 Å². The molecule has 1 fully saturated rings. The zero-order chi connectivity index (χ0) is 42.8. The van der Waals surface area contributed by atoms with Gasteiger partial charge in [-0.1, -0.05) is 96.2 Å². The third-order valence-electron chi connectivity index (χ3n) is 8.86. The first kappa shape index (κ1) is 49.1. The molecule has 5 rings (SSSR count). The molecule has 3 amide bonds. The molecule has 3 aromatic rings. The van der Waals surface area contributed by atoms with Crippen LogP contribution in [0, 0.1) is 24.7 Å². The van der Waals surface area contributed by atoms with Gasteiger partial charge in [0.1, 0.15) is 18.3 Å². The van der Waals surface area contributed by atoms with Crippen LogP contribution in [0.4, 0.5) is 0 Å². The average molecular weight is 789 g/mol. The number of aromatic amines is 1. The Labute approximate surface area is 336 Å². The lowest BCUT2D eigenvalue weighted by atomic mass is 9.91. The molecule has 0 bridgehead atoms. The Kier molecular flexibility index (Phi) is 23.8. The summed E-state index contributed by atoms with van der Waals surface area (Å²) in [6.07, 6.45) is 17.6. The van der Waals surface area contributed by atoms with E-state index >= 15 is 0 Å². The summed E-state index contributed by atoms with van der Waals surface area (Å²) >= 11 is 0. The summed E-state index contributed by atoms with van der Waals surface area (Å²) in [7, 11) is 2.89. The van der Waals surface area contributed by atoms with E-state index in [1.54, 1.807) is 31.4 Å². The van der Waals surface area contributed by atoms with Gasteiger partial charge in [0.05, 0.1) is 32.2 Å². The Morgan fingerprint density at radius 1 is 0.877 bits per heavy atom. The predicted molar refractivity (Wildman–Crippen MR) is 223 cm³/mol. The number of hydrogen-bond acceptors (Lipinski definition) is 8. The molecular formula is C44H60N4O9. The smallest absolute Gasteiger partial charge is 0.328 e. The molecule has 2 aliphatic carbocycles. The molecule has 0 radical (unpaired) electrons. The van der Waals surface area contributed by atoms with Crippen LogP contribution in [0.5, 0.6) is 5.75 Å². The molecular weight excluding hydrogens is 729 g/mol. The largest absolute Gasteiger partial charge is 0.497 e. The van der Waals surface area contributed by atoms with Gasteiger partial charge in [-0.2, -0.15) is 0 Å². The summed E-state index contributed by atoms with van der Waals surface area (Å²) in [6.45, 7) is 7.38. The number of pyridine rings is 1. The molecule has 310 valence electrons. The van der Waals surface area contributed by atoms with E-state index in [4.69, 9.17) is 14.6 Å². The van der Waals surface area contributed by atoms with E-state index in [2.05, 4.69) is 47.6 Å². The van der Waals surface area contributed by atoms with E-state index in [0.29, 0.717) is 18.2 Å². The van der Waals surface area contributed by atoms with E-state index < -0.39 is 48.2 Å². The minimum atomic E-state index is -1.17. The minimum Gasteiger partial charge on any atom is -0.497 e. The Morgan fingerprint density at radius 2 is 1.51 bits per heavy atom. The van der Waals surface area contributed by atoms with E-state index in [9.17, 15) is 28.8 Å². The summed E-state index contributed by atoms with van der Waals surface area (Å²) in [4.78, 5) is 75.2. The molecule has 13 heteroatoms. The highest BCUT2D eigenvalue weighted by Gasteiger charge is 2.33. The number of esters is 1. The second-order valence-electron chi connectivity index (χ2n) is 12.9. The Balaban J connectivity index is 0.000000529. The molecule has 2 unspecified atom stereocenters. The van der Waals surface area contributed by atoms with Crippen LogP contribution in [0.3, 0.4) is 0 Å². The topological polar surface area (TPSA) is 193 Å². The van der Waals surface area contributed by atoms with Gasteiger partial charge in [0.15, 0.2) is 5.43 Å². The van der Waals surface area contributed by atoms with Gasteiger partial charge in [-0.05, 0) is 49.3 Å². The van der Waals surface area contributed by atoms with Crippen LogP contribution < -0.4 is 26.1 Å². The van der Waals surface area contributed by atoms with Gasteiger partial charge in [0.2, 0.25) is 17.7 Å². The SMILES string of the molecule is C#C.CC.CCC.COC(=O)C(NC(=O)CNC(=O)C1=CCCC1C(=O)NCC(=O)O)C1CCCCCC1.COc1ccc2c(=O)cc(-c3ccccc3)[nH]c2c1. The van der Waals surface area contributed by atoms with Crippen molar-refractivity contribution in [2.75, 3.05) is 27.3 Å². The number of H-pyrrole nitrogens is 1. The maximum Gasteiger partial charge on any atom is 0.328 e. The van der Waals surface area contributed by atoms with Gasteiger partial charge < -0.3 is 35.5 Å². The van der Waals surface area contributed by atoms with E-state index in [1.165, 1.54) is 13.5 Å². The molecule has 57 heavy (non-hydrogen) atoms. The van der Waals surface area contributed by atoms with Crippen LogP contribution in [0.15, 0.2) is 71.0 Å². The van der Waals surface area contributed by atoms with Gasteiger partial charge >= 0.3 is 11.9 Å². The lowest BCUT2D eigenvalue weighted by molar-refractivity contribution is -0.146. The number of carbonyl (C=O) groups excluding carboxylic acids is 4. The molecule has 1 heterocycles. The van der Waals surface area contributed by atoms with E-state index in [-0.39, 0.29) is 23.5 Å². The monoisotopic (exact) mass is 788 g/mol. The van der Waals surface area contributed by atoms with Gasteiger partial charge in [0, 0.05) is 28.8 Å². The summed E-state index contributed by atoms with van der Waals surface area (Å²) in [5.74, 6) is -3.32. The summed E-state index contributed by atoms with van der Waals surface area (Å²) in [5, 5.41) is 16.8. The van der Waals surface area contributed by atoms with Gasteiger partial charge in [-0.3, -0.25) is 24.0 Å². The molecule has 5 N–H and O–H groups in total. The minimum absolute atomic E-state index is 0.00514. The number of amides is 3. The number of fused-ring (bicyclic) bond motifs is 1. The lowest BCUT2D eigenvalue weighted by Gasteiger charge is -2.25. The Hall–Kier alpha value is -5.90. The fourth-order valence-electron chi connectivity index (χ4n) is 6.27. The fourth-order valence-corrected chi connectivity index (χ4v) is 6.27. The number of hydrogen-bond donors (Lipinski definition) is 5. The molecule has 0 aliphatic heterocycles. The zero-order valence-electron chi connectivity index (χ0n) is 34.2. The number of ether oxygens (including phenoxy) is 2. The van der Waals surface area contributed by atoms with Gasteiger partial charge in [-0.25, -0.2) is 4.79 Å². The van der Waals surface area contributed by atoms with Crippen molar-refractivity contribution in [1.29, 1.82) is 0 Å². The summed E-state index contributed by atoms with van der Waals surface area (Å²) in [5.41, 5.74) is 2.81. The number of carboxylic acid groups (broad SMARTS) is 1. The first-order valence-electron chi connectivity index (χ1n) is 19.5. The summed E-state index contributed by atoms with van der Waals surface area (Å²) in [6, 6.07) is 16.1. The highest BCUT2D eigenvalue weighted by atomic mass is 16.5. The Morgan fingerprint density at radius 3 is 2.09 bits per heavy atom. The quantitative estimate of drug-likeness (QED) is 0.0860. The number of methoxy groups -OCH3 is 2. The number of aromatic nitrogens is 1. The number of benzene rings is 2. The molecule has 0 saturated heterocycles. The van der Waals surface area contributed by atoms with Crippen molar-refractivity contribution < 1.29 is 38.6 Å². The van der Waals surface area contributed by atoms with Crippen molar-refractivity contribution in [2.24, 2.45) is 11.8 Å². The van der Waals surface area contributed by atoms with Crippen LogP contribution in [0.2, 0.25) is 0 Å². The molecule has 2 aliphatic rings. The van der Waals surface area contributed by atoms with Crippen LogP contribution in [0.25, 0.3) is 22.2 Å². The lowest BCUT2D eigenvalue weighted by Crippen LogP contribution is -2.50. The maximum atomic E-state index is 12.5. The highest BCUT2D eigenvalue weighted by Crippen LogP contribution is 2.27. The number of carbonyl (C=O) groups is 5.